The van der Waals surface area contributed by atoms with E-state index in [0.29, 0.717) is 18.4 Å². The topological polar surface area (TPSA) is 112 Å². The van der Waals surface area contributed by atoms with Crippen molar-refractivity contribution in [2.45, 2.75) is 76.3 Å². The maximum atomic E-state index is 13.8. The summed E-state index contributed by atoms with van der Waals surface area (Å²) in [6.07, 6.45) is 1.74. The molecule has 1 aromatic rings. The number of carbonyl (C=O) groups is 1. The second-order valence-electron chi connectivity index (χ2n) is 11.6. The summed E-state index contributed by atoms with van der Waals surface area (Å²) in [4.78, 5) is 20.0. The average Bonchev–Trinajstić information content (AvgIpc) is 3.19. The van der Waals surface area contributed by atoms with Crippen LogP contribution in [0.15, 0.2) is 12.2 Å². The van der Waals surface area contributed by atoms with Crippen LogP contribution in [0.25, 0.3) is 0 Å². The van der Waals surface area contributed by atoms with Crippen LogP contribution in [0.1, 0.15) is 57.0 Å². The van der Waals surface area contributed by atoms with Crippen molar-refractivity contribution in [1.82, 2.24) is 4.98 Å². The molecule has 2 aliphatic heterocycles. The number of aliphatic hydroxyl groups excluding tert-OH is 2. The summed E-state index contributed by atoms with van der Waals surface area (Å²) in [6, 6.07) is 0. The zero-order chi connectivity index (χ0) is 23.6. The van der Waals surface area contributed by atoms with Crippen molar-refractivity contribution in [2.75, 3.05) is 18.5 Å². The maximum absolute atomic E-state index is 13.8. The number of fused-ring (bicyclic) bond motifs is 3. The van der Waals surface area contributed by atoms with Gasteiger partial charge in [0.1, 0.15) is 11.5 Å². The number of thiazole rings is 1. The third-order valence-corrected chi connectivity index (χ3v) is 10.7. The van der Waals surface area contributed by atoms with Crippen molar-refractivity contribution in [3.63, 3.8) is 0 Å². The van der Waals surface area contributed by atoms with Crippen LogP contribution in [0, 0.1) is 28.6 Å². The number of aromatic nitrogens is 1. The zero-order valence-corrected chi connectivity index (χ0v) is 20.4. The fourth-order valence-corrected chi connectivity index (χ4v) is 9.86. The molecule has 4 N–H and O–H groups in total. The highest BCUT2D eigenvalue weighted by Crippen LogP contribution is 2.75. The Hall–Kier alpha value is -1.32. The van der Waals surface area contributed by atoms with E-state index in [1.807, 2.05) is 0 Å². The van der Waals surface area contributed by atoms with E-state index in [1.165, 1.54) is 0 Å². The van der Waals surface area contributed by atoms with Crippen LogP contribution in [0.4, 0.5) is 5.13 Å². The number of unbranched alkanes of at least 4 members (excludes halogenated alkanes) is 1. The predicted octanol–water partition coefficient (Wildman–Crippen LogP) is 2.40. The summed E-state index contributed by atoms with van der Waals surface area (Å²) >= 11 is 1.65. The Labute approximate surface area is 198 Å². The summed E-state index contributed by atoms with van der Waals surface area (Å²) in [5.74, 6) is -3.60. The van der Waals surface area contributed by atoms with Gasteiger partial charge in [-0.1, -0.05) is 33.8 Å². The SMILES string of the molecule is C=C1C(=O)[C@]23[C@H](O)[C@H]1CC[C@H]2[C@@]12CO[C@@]3(O)[C@@H](O)[C@@H]1C(C)(C)Cc1sc(NCCCC)nc12. The molecular weight excluding hydrogens is 440 g/mol. The first-order valence-corrected chi connectivity index (χ1v) is 13.1. The minimum atomic E-state index is -2.13. The number of ether oxygens (including phenoxy) is 1. The Morgan fingerprint density at radius 2 is 2.03 bits per heavy atom. The highest BCUT2D eigenvalue weighted by Gasteiger charge is 2.86. The Kier molecular flexibility index (Phi) is 4.48. The molecule has 0 radical (unpaired) electrons. The Balaban J connectivity index is 1.58. The smallest absolute Gasteiger partial charge is 0.208 e. The molecule has 8 atom stereocenters. The number of hydrogen-bond acceptors (Lipinski definition) is 8. The minimum Gasteiger partial charge on any atom is -0.391 e. The molecule has 3 saturated carbocycles. The molecule has 7 rings (SSSR count). The van der Waals surface area contributed by atoms with Crippen molar-refractivity contribution in [1.29, 1.82) is 0 Å². The van der Waals surface area contributed by atoms with Gasteiger partial charge in [0.2, 0.25) is 5.79 Å². The molecule has 5 fully saturated rings. The Morgan fingerprint density at radius 3 is 2.76 bits per heavy atom. The number of carbonyl (C=O) groups excluding carboxylic acids is 1. The summed E-state index contributed by atoms with van der Waals surface area (Å²) in [6.45, 7) is 11.4. The normalized spacial score (nSPS) is 46.7. The van der Waals surface area contributed by atoms with E-state index in [-0.39, 0.29) is 29.6 Å². The number of ketones is 1. The van der Waals surface area contributed by atoms with Gasteiger partial charge in [0, 0.05) is 28.7 Å². The standard InChI is InChI=1S/C25H34N2O5S/c1-5-6-9-26-21-27-17-14(33-21)10-22(3,4)16-20(30)25(31)24-15(23(16,17)11-32-25)8-7-13(19(24)29)12(2)18(24)28/h13,15-16,19-20,29-31H,2,5-11H2,1,3-4H3,(H,26,27)/t13-,15-,16+,19+,20-,23-,24-,25-/m0/s1. The summed E-state index contributed by atoms with van der Waals surface area (Å²) < 4.78 is 6.10. The predicted molar refractivity (Wildman–Crippen MR) is 124 cm³/mol. The lowest BCUT2D eigenvalue weighted by Gasteiger charge is -2.73. The van der Waals surface area contributed by atoms with Crippen LogP contribution in [0.2, 0.25) is 0 Å². The van der Waals surface area contributed by atoms with E-state index in [1.54, 1.807) is 11.3 Å². The Morgan fingerprint density at radius 1 is 1.27 bits per heavy atom. The van der Waals surface area contributed by atoms with Crippen LogP contribution in [-0.2, 0) is 21.4 Å². The molecule has 0 amide bonds. The van der Waals surface area contributed by atoms with Crippen molar-refractivity contribution < 1.29 is 24.9 Å². The van der Waals surface area contributed by atoms with Crippen molar-refractivity contribution in [3.8, 4) is 0 Å². The minimum absolute atomic E-state index is 0.184. The number of hydrogen-bond donors (Lipinski definition) is 4. The molecule has 2 saturated heterocycles. The van der Waals surface area contributed by atoms with Gasteiger partial charge in [-0.15, -0.1) is 11.3 Å². The molecule has 2 spiro atoms. The van der Waals surface area contributed by atoms with Gasteiger partial charge in [0.25, 0.3) is 0 Å². The van der Waals surface area contributed by atoms with E-state index in [2.05, 4.69) is 32.7 Å². The highest BCUT2D eigenvalue weighted by molar-refractivity contribution is 7.15. The second kappa shape index (κ2) is 6.66. The fourth-order valence-electron chi connectivity index (χ4n) is 8.54. The number of nitrogens with one attached hydrogen (secondary N) is 1. The van der Waals surface area contributed by atoms with Crippen LogP contribution in [-0.4, -0.2) is 57.2 Å². The summed E-state index contributed by atoms with van der Waals surface area (Å²) in [5, 5.41) is 39.5. The third kappa shape index (κ3) is 2.26. The molecule has 7 nitrogen and oxygen atoms in total. The van der Waals surface area contributed by atoms with Crippen molar-refractivity contribution >= 4 is 22.3 Å². The molecule has 3 heterocycles. The molecule has 4 bridgehead atoms. The number of aliphatic hydroxyl groups is 3. The molecule has 0 unspecified atom stereocenters. The fraction of sp³-hybridized carbons (Fsp3) is 0.760. The number of rotatable bonds is 4. The molecule has 8 heteroatoms. The molecule has 1 aromatic heterocycles. The molecule has 6 aliphatic rings. The van der Waals surface area contributed by atoms with Crippen LogP contribution >= 0.6 is 11.3 Å². The molecule has 4 aliphatic carbocycles. The first-order chi connectivity index (χ1) is 15.6. The highest BCUT2D eigenvalue weighted by atomic mass is 32.1. The van der Waals surface area contributed by atoms with E-state index in [4.69, 9.17) is 9.72 Å². The first-order valence-electron chi connectivity index (χ1n) is 12.3. The van der Waals surface area contributed by atoms with Crippen LogP contribution < -0.4 is 5.32 Å². The van der Waals surface area contributed by atoms with Gasteiger partial charge < -0.3 is 25.4 Å². The van der Waals surface area contributed by atoms with Gasteiger partial charge in [-0.3, -0.25) is 4.79 Å². The van der Waals surface area contributed by atoms with E-state index in [9.17, 15) is 20.1 Å². The van der Waals surface area contributed by atoms with Gasteiger partial charge >= 0.3 is 0 Å². The molecule has 180 valence electrons. The summed E-state index contributed by atoms with van der Waals surface area (Å²) in [5.41, 5.74) is -1.47. The van der Waals surface area contributed by atoms with Gasteiger partial charge in [-0.05, 0) is 42.6 Å². The van der Waals surface area contributed by atoms with Gasteiger partial charge in [0.05, 0.1) is 18.4 Å². The zero-order valence-electron chi connectivity index (χ0n) is 19.6. The number of nitrogens with zero attached hydrogens (tertiary/aromatic N) is 1. The van der Waals surface area contributed by atoms with Gasteiger partial charge in [-0.25, -0.2) is 4.98 Å². The van der Waals surface area contributed by atoms with Crippen molar-refractivity contribution in [3.05, 3.63) is 22.7 Å². The number of anilines is 1. The molecule has 33 heavy (non-hydrogen) atoms. The average molecular weight is 475 g/mol. The van der Waals surface area contributed by atoms with E-state index < -0.39 is 34.7 Å². The Bertz CT molecular complexity index is 1050. The second-order valence-corrected chi connectivity index (χ2v) is 12.7. The largest absolute Gasteiger partial charge is 0.391 e. The summed E-state index contributed by atoms with van der Waals surface area (Å²) in [7, 11) is 0. The quantitative estimate of drug-likeness (QED) is 0.392. The lowest BCUT2D eigenvalue weighted by Crippen LogP contribution is -2.85. The molecule has 0 aromatic carbocycles. The number of Topliss-reactive ketones (excluding diaryl/α,β-unsaturated/α-hetero) is 1. The van der Waals surface area contributed by atoms with Crippen LogP contribution in [0.5, 0.6) is 0 Å². The monoisotopic (exact) mass is 474 g/mol. The van der Waals surface area contributed by atoms with Gasteiger partial charge in [0.15, 0.2) is 10.9 Å². The van der Waals surface area contributed by atoms with Gasteiger partial charge in [-0.2, -0.15) is 0 Å². The lowest BCUT2D eigenvalue weighted by molar-refractivity contribution is -0.429. The third-order valence-electron chi connectivity index (χ3n) is 9.70. The van der Waals surface area contributed by atoms with Crippen molar-refractivity contribution in [2.24, 2.45) is 28.6 Å². The van der Waals surface area contributed by atoms with E-state index in [0.717, 1.165) is 41.5 Å². The molecular formula is C25H34N2O5S. The van der Waals surface area contributed by atoms with E-state index >= 15 is 0 Å². The first kappa shape index (κ1) is 22.2. The lowest BCUT2D eigenvalue weighted by atomic mass is 9.36. The van der Waals surface area contributed by atoms with Crippen LogP contribution in [0.3, 0.4) is 0 Å². The maximum Gasteiger partial charge on any atom is 0.208 e.